The minimum atomic E-state index is 0.960. The second kappa shape index (κ2) is 6.09. The minimum absolute atomic E-state index is 0.960. The lowest BCUT2D eigenvalue weighted by Gasteiger charge is -1.85. The van der Waals surface area contributed by atoms with E-state index in [0.29, 0.717) is 0 Å². The van der Waals surface area contributed by atoms with E-state index in [1.807, 2.05) is 25.2 Å². The molecule has 0 spiro atoms. The Morgan fingerprint density at radius 3 is 2.50 bits per heavy atom. The fourth-order valence-corrected chi connectivity index (χ4v) is 0.491. The van der Waals surface area contributed by atoms with E-state index in [2.05, 4.69) is 19.2 Å². The van der Waals surface area contributed by atoms with E-state index in [1.165, 1.54) is 5.57 Å². The maximum Gasteiger partial charge on any atom is -0.0141 e. The van der Waals surface area contributed by atoms with E-state index < -0.39 is 0 Å². The molecule has 0 heteroatoms. The van der Waals surface area contributed by atoms with Crippen LogP contribution in [-0.4, -0.2) is 0 Å². The monoisotopic (exact) mass is 134 g/mol. The van der Waals surface area contributed by atoms with Crippen LogP contribution in [0.3, 0.4) is 0 Å². The second-order valence-electron chi connectivity index (χ2n) is 2.21. The van der Waals surface area contributed by atoms with Gasteiger partial charge in [0, 0.05) is 0 Å². The van der Waals surface area contributed by atoms with Gasteiger partial charge in [0.25, 0.3) is 0 Å². The summed E-state index contributed by atoms with van der Waals surface area (Å²) >= 11 is 0. The van der Waals surface area contributed by atoms with Crippen LogP contribution in [0.5, 0.6) is 0 Å². The fraction of sp³-hybridized carbons (Fsp3) is 0.200. The van der Waals surface area contributed by atoms with Gasteiger partial charge in [0.2, 0.25) is 0 Å². The average molecular weight is 134 g/mol. The molecule has 0 N–H and O–H groups in total. The summed E-state index contributed by atoms with van der Waals surface area (Å²) in [4.78, 5) is 0. The Morgan fingerprint density at radius 2 is 2.00 bits per heavy atom. The molecule has 0 aromatic rings. The van der Waals surface area contributed by atoms with Crippen LogP contribution in [0.4, 0.5) is 0 Å². The highest BCUT2D eigenvalue weighted by molar-refractivity contribution is 5.11. The summed E-state index contributed by atoms with van der Waals surface area (Å²) in [5.74, 6) is 0. The minimum Gasteiger partial charge on any atom is -0.0998 e. The predicted molar refractivity (Wildman–Crippen MR) is 47.9 cm³/mol. The van der Waals surface area contributed by atoms with Crippen LogP contribution in [0.15, 0.2) is 49.1 Å². The molecule has 0 radical (unpaired) electrons. The van der Waals surface area contributed by atoms with Crippen molar-refractivity contribution in [3.05, 3.63) is 49.1 Å². The van der Waals surface area contributed by atoms with Gasteiger partial charge in [-0.3, -0.25) is 0 Å². The zero-order valence-corrected chi connectivity index (χ0v) is 6.51. The van der Waals surface area contributed by atoms with Crippen molar-refractivity contribution < 1.29 is 0 Å². The number of allylic oxidation sites excluding steroid dienone is 6. The largest absolute Gasteiger partial charge is 0.0998 e. The van der Waals surface area contributed by atoms with Crippen molar-refractivity contribution in [3.63, 3.8) is 0 Å². The molecule has 0 fully saturated rings. The molecule has 0 amide bonds. The molecular formula is C10H14. The van der Waals surface area contributed by atoms with Gasteiger partial charge in [-0.2, -0.15) is 0 Å². The molecule has 10 heavy (non-hydrogen) atoms. The molecule has 0 aliphatic rings. The molecule has 0 saturated carbocycles. The summed E-state index contributed by atoms with van der Waals surface area (Å²) in [6.45, 7) is 9.35. The Kier molecular flexibility index (Phi) is 5.45. The van der Waals surface area contributed by atoms with E-state index >= 15 is 0 Å². The van der Waals surface area contributed by atoms with E-state index in [0.717, 1.165) is 6.42 Å². The first-order chi connectivity index (χ1) is 4.77. The summed E-state index contributed by atoms with van der Waals surface area (Å²) in [7, 11) is 0. The van der Waals surface area contributed by atoms with Crippen molar-refractivity contribution in [1.29, 1.82) is 0 Å². The van der Waals surface area contributed by atoms with Gasteiger partial charge in [0.15, 0.2) is 0 Å². The molecule has 0 nitrogen and oxygen atoms in total. The third kappa shape index (κ3) is 6.96. The summed E-state index contributed by atoms with van der Waals surface area (Å²) in [5.41, 5.74) is 1.18. The highest BCUT2D eigenvalue weighted by atomic mass is 13.8. The molecule has 0 aliphatic heterocycles. The SMILES string of the molecule is C=CC=CC=CCC(=C)C. The van der Waals surface area contributed by atoms with Gasteiger partial charge in [-0.1, -0.05) is 49.1 Å². The van der Waals surface area contributed by atoms with Gasteiger partial charge >= 0.3 is 0 Å². The molecule has 0 heterocycles. The van der Waals surface area contributed by atoms with Crippen LogP contribution >= 0.6 is 0 Å². The van der Waals surface area contributed by atoms with Crippen LogP contribution in [-0.2, 0) is 0 Å². The van der Waals surface area contributed by atoms with Crippen molar-refractivity contribution in [1.82, 2.24) is 0 Å². The Morgan fingerprint density at radius 1 is 1.30 bits per heavy atom. The first kappa shape index (κ1) is 8.96. The van der Waals surface area contributed by atoms with Crippen molar-refractivity contribution in [3.8, 4) is 0 Å². The first-order valence-electron chi connectivity index (χ1n) is 3.36. The van der Waals surface area contributed by atoms with Gasteiger partial charge in [-0.05, 0) is 13.3 Å². The molecular weight excluding hydrogens is 120 g/mol. The fourth-order valence-electron chi connectivity index (χ4n) is 0.491. The van der Waals surface area contributed by atoms with Crippen molar-refractivity contribution in [2.24, 2.45) is 0 Å². The molecule has 0 rings (SSSR count). The second-order valence-corrected chi connectivity index (χ2v) is 2.21. The van der Waals surface area contributed by atoms with Crippen LogP contribution in [0.2, 0.25) is 0 Å². The quantitative estimate of drug-likeness (QED) is 0.409. The lowest BCUT2D eigenvalue weighted by molar-refractivity contribution is 1.23. The van der Waals surface area contributed by atoms with Gasteiger partial charge in [-0.15, -0.1) is 0 Å². The van der Waals surface area contributed by atoms with Gasteiger partial charge in [-0.25, -0.2) is 0 Å². The third-order valence-corrected chi connectivity index (χ3v) is 0.961. The summed E-state index contributed by atoms with van der Waals surface area (Å²) in [5, 5.41) is 0. The molecule has 0 aliphatic carbocycles. The summed E-state index contributed by atoms with van der Waals surface area (Å²) in [6.07, 6.45) is 10.6. The highest BCUT2D eigenvalue weighted by Gasteiger charge is 1.74. The summed E-state index contributed by atoms with van der Waals surface area (Å²) < 4.78 is 0. The number of rotatable bonds is 4. The third-order valence-electron chi connectivity index (χ3n) is 0.961. The lowest BCUT2D eigenvalue weighted by atomic mass is 10.2. The van der Waals surface area contributed by atoms with Crippen LogP contribution in [0.25, 0.3) is 0 Å². The lowest BCUT2D eigenvalue weighted by Crippen LogP contribution is -1.64. The highest BCUT2D eigenvalue weighted by Crippen LogP contribution is 1.95. The maximum atomic E-state index is 3.78. The van der Waals surface area contributed by atoms with Crippen molar-refractivity contribution in [2.45, 2.75) is 13.3 Å². The molecule has 0 bridgehead atoms. The Bertz CT molecular complexity index is 159. The smallest absolute Gasteiger partial charge is 0.0141 e. The van der Waals surface area contributed by atoms with E-state index in [-0.39, 0.29) is 0 Å². The van der Waals surface area contributed by atoms with Gasteiger partial charge in [0.05, 0.1) is 0 Å². The standard InChI is InChI=1S/C10H14/c1-4-5-6-7-8-9-10(2)3/h4-8H,1-2,9H2,3H3. The van der Waals surface area contributed by atoms with Crippen LogP contribution in [0, 0.1) is 0 Å². The Hall–Kier alpha value is -1.04. The number of hydrogen-bond acceptors (Lipinski definition) is 0. The normalized spacial score (nSPS) is 10.9. The molecule has 0 aromatic heterocycles. The van der Waals surface area contributed by atoms with Crippen LogP contribution in [0.1, 0.15) is 13.3 Å². The summed E-state index contributed by atoms with van der Waals surface area (Å²) in [6, 6.07) is 0. The van der Waals surface area contributed by atoms with Gasteiger partial charge < -0.3 is 0 Å². The zero-order valence-electron chi connectivity index (χ0n) is 6.51. The molecule has 54 valence electrons. The zero-order chi connectivity index (χ0) is 7.82. The van der Waals surface area contributed by atoms with Crippen LogP contribution < -0.4 is 0 Å². The van der Waals surface area contributed by atoms with E-state index in [9.17, 15) is 0 Å². The van der Waals surface area contributed by atoms with Crippen molar-refractivity contribution >= 4 is 0 Å². The Balaban J connectivity index is 3.46. The molecule has 0 saturated heterocycles. The van der Waals surface area contributed by atoms with E-state index in [4.69, 9.17) is 0 Å². The maximum absolute atomic E-state index is 3.78. The molecule has 0 unspecified atom stereocenters. The van der Waals surface area contributed by atoms with Crippen molar-refractivity contribution in [2.75, 3.05) is 0 Å². The topological polar surface area (TPSA) is 0 Å². The Labute approximate surface area is 63.3 Å². The predicted octanol–water partition coefficient (Wildman–Crippen LogP) is 3.25. The number of hydrogen-bond donors (Lipinski definition) is 0. The van der Waals surface area contributed by atoms with E-state index in [1.54, 1.807) is 6.08 Å². The molecule has 0 atom stereocenters. The first-order valence-corrected chi connectivity index (χ1v) is 3.36. The van der Waals surface area contributed by atoms with Gasteiger partial charge in [0.1, 0.15) is 0 Å². The average Bonchev–Trinajstić information content (AvgIpc) is 1.87. The molecule has 0 aromatic carbocycles.